The average Bonchev–Trinajstić information content (AvgIpc) is 2.70. The van der Waals surface area contributed by atoms with Crippen molar-refractivity contribution >= 4 is 24.2 Å². The molecule has 0 spiro atoms. The maximum Gasteiger partial charge on any atom is 0.142 e. The molecule has 4 N–H and O–H groups in total. The minimum atomic E-state index is 0.164. The molecule has 0 radical (unpaired) electrons. The van der Waals surface area contributed by atoms with Crippen LogP contribution in [0.15, 0.2) is 28.1 Å². The number of aromatic nitrogens is 2. The number of benzene rings is 1. The summed E-state index contributed by atoms with van der Waals surface area (Å²) in [5.74, 6) is 0.701. The van der Waals surface area contributed by atoms with E-state index in [1.807, 2.05) is 12.1 Å². The van der Waals surface area contributed by atoms with Gasteiger partial charge in [0, 0.05) is 43.8 Å². The molecule has 2 heterocycles. The van der Waals surface area contributed by atoms with E-state index in [4.69, 9.17) is 10.7 Å². The highest BCUT2D eigenvalue weighted by molar-refractivity contribution is 7.97. The number of nitrogens with one attached hydrogen (secondary N) is 1. The first-order valence-electron chi connectivity index (χ1n) is 9.88. The maximum atomic E-state index is 10.5. The lowest BCUT2D eigenvalue weighted by atomic mass is 10.1. The van der Waals surface area contributed by atoms with Gasteiger partial charge in [-0.15, -0.1) is 0 Å². The standard InChI is InChI=1S/C21H30N6OS/c1-5-6-17(22)20-19(23-3)14(2)24-21(25-20)16-13-15(7-8-18(16)28)29-27-11-9-26(4)10-12-27/h7-8,13,28H,2,5-6,9-12,22H2,1,3-4H3,(H,24,25). The highest BCUT2D eigenvalue weighted by Crippen LogP contribution is 2.32. The Morgan fingerprint density at radius 2 is 2.07 bits per heavy atom. The number of aromatic hydroxyl groups is 1. The van der Waals surface area contributed by atoms with Crippen LogP contribution >= 0.6 is 11.9 Å². The molecule has 1 aliphatic heterocycles. The van der Waals surface area contributed by atoms with Crippen LogP contribution in [0.3, 0.4) is 0 Å². The molecule has 0 unspecified atom stereocenters. The molecule has 0 atom stereocenters. The van der Waals surface area contributed by atoms with E-state index < -0.39 is 0 Å². The number of nitrogens with zero attached hydrogens (tertiary/aromatic N) is 4. The Labute approximate surface area is 175 Å². The van der Waals surface area contributed by atoms with Gasteiger partial charge in [0.05, 0.1) is 10.9 Å². The lowest BCUT2D eigenvalue weighted by molar-refractivity contribution is 0.233. The van der Waals surface area contributed by atoms with Gasteiger partial charge < -0.3 is 20.7 Å². The van der Waals surface area contributed by atoms with E-state index in [2.05, 4.69) is 39.7 Å². The van der Waals surface area contributed by atoms with Crippen molar-refractivity contribution in [1.82, 2.24) is 19.2 Å². The van der Waals surface area contributed by atoms with Crippen LogP contribution in [0.1, 0.15) is 19.8 Å². The average molecular weight is 415 g/mol. The van der Waals surface area contributed by atoms with Crippen LogP contribution in [0, 0.1) is 0 Å². The Hall–Kier alpha value is -2.29. The summed E-state index contributed by atoms with van der Waals surface area (Å²) in [6.07, 6.45) is 1.64. The Morgan fingerprint density at radius 1 is 1.34 bits per heavy atom. The smallest absolute Gasteiger partial charge is 0.142 e. The van der Waals surface area contributed by atoms with Crippen LogP contribution in [-0.2, 0) is 0 Å². The topological polar surface area (TPSA) is 93.8 Å². The summed E-state index contributed by atoms with van der Waals surface area (Å²) < 4.78 is 2.34. The van der Waals surface area contributed by atoms with Crippen molar-refractivity contribution in [2.45, 2.75) is 24.7 Å². The quantitative estimate of drug-likeness (QED) is 0.628. The zero-order chi connectivity index (χ0) is 21.0. The van der Waals surface area contributed by atoms with E-state index >= 15 is 0 Å². The van der Waals surface area contributed by atoms with Crippen molar-refractivity contribution in [1.29, 1.82) is 0 Å². The number of H-pyrrole nitrogens is 1. The predicted octanol–water partition coefficient (Wildman–Crippen LogP) is 0.845. The lowest BCUT2D eigenvalue weighted by Gasteiger charge is -2.31. The van der Waals surface area contributed by atoms with Crippen LogP contribution in [0.4, 0.5) is 0 Å². The third-order valence-electron chi connectivity index (χ3n) is 4.97. The molecule has 0 saturated carbocycles. The molecule has 8 heteroatoms. The van der Waals surface area contributed by atoms with Crippen LogP contribution in [-0.4, -0.2) is 64.6 Å². The van der Waals surface area contributed by atoms with E-state index in [-0.39, 0.29) is 5.75 Å². The van der Waals surface area contributed by atoms with E-state index in [0.717, 1.165) is 43.9 Å². The fraction of sp³-hybridized carbons (Fsp3) is 0.429. The zero-order valence-electron chi connectivity index (χ0n) is 17.4. The van der Waals surface area contributed by atoms with Gasteiger partial charge in [-0.25, -0.2) is 9.29 Å². The van der Waals surface area contributed by atoms with Crippen molar-refractivity contribution in [3.63, 3.8) is 0 Å². The molecule has 0 amide bonds. The third-order valence-corrected chi connectivity index (χ3v) is 6.06. The predicted molar refractivity (Wildman–Crippen MR) is 119 cm³/mol. The normalized spacial score (nSPS) is 17.6. The minimum Gasteiger partial charge on any atom is -0.507 e. The molecule has 0 aliphatic carbocycles. The van der Waals surface area contributed by atoms with Crippen LogP contribution < -0.4 is 21.8 Å². The summed E-state index contributed by atoms with van der Waals surface area (Å²) in [5.41, 5.74) is 7.58. The second kappa shape index (κ2) is 9.47. The Bertz CT molecular complexity index is 1040. The molecule has 1 saturated heterocycles. The number of phenols is 1. The second-order valence-corrected chi connectivity index (χ2v) is 8.43. The molecular formula is C21H30N6OS. The summed E-state index contributed by atoms with van der Waals surface area (Å²) >= 11 is 1.70. The fourth-order valence-corrected chi connectivity index (χ4v) is 4.25. The first-order chi connectivity index (χ1) is 13.9. The first kappa shape index (κ1) is 21.4. The van der Waals surface area contributed by atoms with Crippen molar-refractivity contribution < 1.29 is 5.11 Å². The van der Waals surface area contributed by atoms with Crippen LogP contribution in [0.2, 0.25) is 0 Å². The number of hydrogen-bond donors (Lipinski definition) is 3. The van der Waals surface area contributed by atoms with Crippen LogP contribution in [0.25, 0.3) is 23.7 Å². The van der Waals surface area contributed by atoms with E-state index in [9.17, 15) is 5.11 Å². The zero-order valence-corrected chi connectivity index (χ0v) is 18.2. The number of likely N-dealkylation sites (N-methyl/N-ethyl adjacent to an activating group) is 1. The molecule has 0 bridgehead atoms. The highest BCUT2D eigenvalue weighted by Gasteiger charge is 2.16. The highest BCUT2D eigenvalue weighted by atomic mass is 32.2. The number of nitrogens with two attached hydrogens (primary N) is 1. The molecule has 1 fully saturated rings. The summed E-state index contributed by atoms with van der Waals surface area (Å²) in [6.45, 7) is 10.3. The lowest BCUT2D eigenvalue weighted by Crippen LogP contribution is -2.45. The SMILES string of the molecule is C=c1[nH]c(-c2cc(SN3CCN(C)CC3)ccc2O)nc(=C(N)CCC)c1=NC. The number of piperazine rings is 1. The first-order valence-corrected chi connectivity index (χ1v) is 10.7. The fourth-order valence-electron chi connectivity index (χ4n) is 3.31. The van der Waals surface area contributed by atoms with Crippen molar-refractivity contribution in [3.8, 4) is 17.1 Å². The number of phenolic OH excluding ortho intramolecular Hbond substituents is 1. The summed E-state index contributed by atoms with van der Waals surface area (Å²) in [7, 11) is 3.84. The molecule has 1 aromatic heterocycles. The monoisotopic (exact) mass is 414 g/mol. The van der Waals surface area contributed by atoms with Gasteiger partial charge in [-0.2, -0.15) is 0 Å². The third kappa shape index (κ3) is 5.01. The molecule has 1 aliphatic rings. The van der Waals surface area contributed by atoms with E-state index in [1.54, 1.807) is 25.1 Å². The molecule has 29 heavy (non-hydrogen) atoms. The van der Waals surface area contributed by atoms with Gasteiger partial charge in [-0.05, 0) is 43.6 Å². The largest absolute Gasteiger partial charge is 0.507 e. The summed E-state index contributed by atoms with van der Waals surface area (Å²) in [6, 6.07) is 5.60. The Morgan fingerprint density at radius 3 is 2.72 bits per heavy atom. The molecule has 156 valence electrons. The van der Waals surface area contributed by atoms with Gasteiger partial charge >= 0.3 is 0 Å². The molecular weight excluding hydrogens is 384 g/mol. The number of rotatable bonds is 5. The molecule has 3 rings (SSSR count). The van der Waals surface area contributed by atoms with Crippen molar-refractivity contribution in [2.24, 2.45) is 10.7 Å². The van der Waals surface area contributed by atoms with E-state index in [0.29, 0.717) is 33.1 Å². The Balaban J connectivity index is 2.02. The molecule has 1 aromatic carbocycles. The summed E-state index contributed by atoms with van der Waals surface area (Å²) in [4.78, 5) is 15.6. The van der Waals surface area contributed by atoms with Gasteiger partial charge in [0.1, 0.15) is 22.3 Å². The second-order valence-electron chi connectivity index (χ2n) is 7.26. The summed E-state index contributed by atoms with van der Waals surface area (Å²) in [5, 5.41) is 12.4. The molecule has 7 nitrogen and oxygen atoms in total. The minimum absolute atomic E-state index is 0.164. The van der Waals surface area contributed by atoms with Gasteiger partial charge in [-0.1, -0.05) is 19.9 Å². The Kier molecular flexibility index (Phi) is 7.00. The van der Waals surface area contributed by atoms with Gasteiger partial charge in [0.25, 0.3) is 0 Å². The maximum absolute atomic E-state index is 10.5. The van der Waals surface area contributed by atoms with Gasteiger partial charge in [0.15, 0.2) is 0 Å². The van der Waals surface area contributed by atoms with E-state index in [1.165, 1.54) is 0 Å². The molecule has 2 aromatic rings. The van der Waals surface area contributed by atoms with Crippen molar-refractivity contribution in [2.75, 3.05) is 40.3 Å². The number of hydrogen-bond acceptors (Lipinski definition) is 7. The van der Waals surface area contributed by atoms with Gasteiger partial charge in [-0.3, -0.25) is 4.99 Å². The number of aromatic amines is 1. The van der Waals surface area contributed by atoms with Crippen molar-refractivity contribution in [3.05, 3.63) is 34.3 Å². The van der Waals surface area contributed by atoms with Gasteiger partial charge in [0.2, 0.25) is 0 Å². The van der Waals surface area contributed by atoms with Crippen LogP contribution in [0.5, 0.6) is 5.75 Å².